The quantitative estimate of drug-likeness (QED) is 0.781. The number of nitrogens with zero attached hydrogens (tertiary/aromatic N) is 3. The number of likely N-dealkylation sites (tertiary alicyclic amines) is 1. The zero-order valence-corrected chi connectivity index (χ0v) is 17.2. The number of piperidine rings is 1. The van der Waals surface area contributed by atoms with Crippen molar-refractivity contribution in [2.45, 2.75) is 51.7 Å². The second-order valence-corrected chi connectivity index (χ2v) is 9.31. The molecule has 2 unspecified atom stereocenters. The summed E-state index contributed by atoms with van der Waals surface area (Å²) in [6.45, 7) is 8.69. The molecule has 3 aliphatic rings. The van der Waals surface area contributed by atoms with Crippen LogP contribution in [0.4, 0.5) is 4.79 Å². The molecule has 1 aromatic heterocycles. The Kier molecular flexibility index (Phi) is 3.64. The first-order valence-electron chi connectivity index (χ1n) is 10.1. The van der Waals surface area contributed by atoms with Crippen molar-refractivity contribution >= 4 is 11.9 Å². The van der Waals surface area contributed by atoms with Crippen molar-refractivity contribution in [3.8, 4) is 0 Å². The highest BCUT2D eigenvalue weighted by Gasteiger charge is 2.69. The Morgan fingerprint density at radius 2 is 2.00 bits per heavy atom. The third-order valence-corrected chi connectivity index (χ3v) is 6.12. The van der Waals surface area contributed by atoms with Gasteiger partial charge < -0.3 is 4.74 Å². The van der Waals surface area contributed by atoms with Crippen molar-refractivity contribution in [1.82, 2.24) is 14.7 Å². The van der Waals surface area contributed by atoms with E-state index in [1.54, 1.807) is 11.0 Å². The van der Waals surface area contributed by atoms with E-state index in [1.807, 2.05) is 62.7 Å². The third-order valence-electron chi connectivity index (χ3n) is 6.12. The molecule has 150 valence electrons. The second-order valence-electron chi connectivity index (χ2n) is 9.31. The molecule has 1 saturated carbocycles. The van der Waals surface area contributed by atoms with Crippen molar-refractivity contribution in [1.29, 1.82) is 0 Å². The standard InChI is InChI=1S/C23H25N3O3/c1-14-19-20(26(24-14)12-15-8-6-5-7-9-15)17(27)10-18-23(19)11-16(23)13-25(18)21(28)29-22(2,3)4/h5-10,16H,11-13H2,1-4H3. The largest absolute Gasteiger partial charge is 0.443 e. The minimum absolute atomic E-state index is 0.0849. The van der Waals surface area contributed by atoms with E-state index in [0.29, 0.717) is 24.7 Å². The van der Waals surface area contributed by atoms with E-state index < -0.39 is 5.60 Å². The summed E-state index contributed by atoms with van der Waals surface area (Å²) in [6.07, 6.45) is 2.22. The van der Waals surface area contributed by atoms with Gasteiger partial charge in [-0.1, -0.05) is 30.3 Å². The van der Waals surface area contributed by atoms with E-state index in [0.717, 1.165) is 28.9 Å². The van der Waals surface area contributed by atoms with Crippen LogP contribution in [0.1, 0.15) is 54.5 Å². The number of ether oxygens (including phenoxy) is 1. The highest BCUT2D eigenvalue weighted by atomic mass is 16.6. The maximum Gasteiger partial charge on any atom is 0.414 e. The molecule has 5 rings (SSSR count). The fourth-order valence-corrected chi connectivity index (χ4v) is 4.98. The van der Waals surface area contributed by atoms with Crippen molar-refractivity contribution in [3.05, 3.63) is 64.6 Å². The van der Waals surface area contributed by atoms with E-state index in [1.165, 1.54) is 0 Å². The number of hydrogen-bond acceptors (Lipinski definition) is 4. The lowest BCUT2D eigenvalue weighted by atomic mass is 9.83. The molecule has 2 atom stereocenters. The summed E-state index contributed by atoms with van der Waals surface area (Å²) >= 11 is 0. The summed E-state index contributed by atoms with van der Waals surface area (Å²) in [5.74, 6) is 0.236. The SMILES string of the molecule is Cc1nn(Cc2ccccc2)c2c1C13CC1CN(C(=O)OC(C)(C)C)C3=CC2=O. The first kappa shape index (κ1) is 18.2. The number of amides is 1. The van der Waals surface area contributed by atoms with Gasteiger partial charge >= 0.3 is 6.09 Å². The maximum atomic E-state index is 13.2. The van der Waals surface area contributed by atoms with Gasteiger partial charge in [-0.05, 0) is 45.6 Å². The zero-order chi connectivity index (χ0) is 20.6. The number of rotatable bonds is 2. The Hall–Kier alpha value is -2.89. The third kappa shape index (κ3) is 2.65. The highest BCUT2D eigenvalue weighted by Crippen LogP contribution is 2.67. The Morgan fingerprint density at radius 1 is 1.28 bits per heavy atom. The summed E-state index contributed by atoms with van der Waals surface area (Å²) in [4.78, 5) is 27.6. The molecule has 1 aromatic carbocycles. The van der Waals surface area contributed by atoms with E-state index >= 15 is 0 Å². The molecule has 0 radical (unpaired) electrons. The van der Waals surface area contributed by atoms with E-state index in [4.69, 9.17) is 9.84 Å². The summed E-state index contributed by atoms with van der Waals surface area (Å²) in [5, 5.41) is 4.73. The smallest absolute Gasteiger partial charge is 0.414 e. The number of fused-ring (bicyclic) bond motifs is 1. The zero-order valence-electron chi connectivity index (χ0n) is 17.2. The van der Waals surface area contributed by atoms with E-state index in [9.17, 15) is 9.59 Å². The summed E-state index contributed by atoms with van der Waals surface area (Å²) in [6, 6.07) is 10.0. The Morgan fingerprint density at radius 3 is 2.69 bits per heavy atom. The molecule has 29 heavy (non-hydrogen) atoms. The average molecular weight is 391 g/mol. The van der Waals surface area contributed by atoms with Gasteiger partial charge in [0.05, 0.1) is 12.2 Å². The Bertz CT molecular complexity index is 1060. The van der Waals surface area contributed by atoms with Crippen LogP contribution in [0.15, 0.2) is 42.1 Å². The Labute approximate surface area is 170 Å². The van der Waals surface area contributed by atoms with Crippen LogP contribution in [0.25, 0.3) is 0 Å². The van der Waals surface area contributed by atoms with Crippen LogP contribution < -0.4 is 0 Å². The number of ketones is 1. The van der Waals surface area contributed by atoms with Crippen LogP contribution in [-0.4, -0.2) is 38.7 Å². The predicted molar refractivity (Wildman–Crippen MR) is 108 cm³/mol. The summed E-state index contributed by atoms with van der Waals surface area (Å²) in [5.41, 5.74) is 3.61. The molecule has 2 fully saturated rings. The molecule has 1 aliphatic heterocycles. The predicted octanol–water partition coefficient (Wildman–Crippen LogP) is 3.83. The van der Waals surface area contributed by atoms with E-state index in [-0.39, 0.29) is 17.3 Å². The lowest BCUT2D eigenvalue weighted by Gasteiger charge is -2.30. The fraction of sp³-hybridized carbons (Fsp3) is 0.435. The monoisotopic (exact) mass is 391 g/mol. The molecular weight excluding hydrogens is 366 g/mol. The van der Waals surface area contributed by atoms with Crippen molar-refractivity contribution in [3.63, 3.8) is 0 Å². The van der Waals surface area contributed by atoms with Crippen LogP contribution in [0.5, 0.6) is 0 Å². The minimum Gasteiger partial charge on any atom is -0.443 e. The lowest BCUT2D eigenvalue weighted by molar-refractivity contribution is 0.0322. The number of aromatic nitrogens is 2. The maximum absolute atomic E-state index is 13.2. The molecule has 2 aliphatic carbocycles. The van der Waals surface area contributed by atoms with Gasteiger partial charge in [0, 0.05) is 29.3 Å². The normalized spacial score (nSPS) is 24.6. The van der Waals surface area contributed by atoms with Crippen LogP contribution >= 0.6 is 0 Å². The molecule has 6 nitrogen and oxygen atoms in total. The number of allylic oxidation sites excluding steroid dienone is 2. The Balaban J connectivity index is 1.53. The van der Waals surface area contributed by atoms with Gasteiger partial charge in [-0.3, -0.25) is 14.4 Å². The van der Waals surface area contributed by atoms with Crippen LogP contribution in [-0.2, 0) is 16.7 Å². The number of carbonyl (C=O) groups excluding carboxylic acids is 2. The van der Waals surface area contributed by atoms with Gasteiger partial charge in [0.1, 0.15) is 11.3 Å². The first-order chi connectivity index (χ1) is 13.7. The molecule has 1 saturated heterocycles. The topological polar surface area (TPSA) is 64.4 Å². The second kappa shape index (κ2) is 5.81. The van der Waals surface area contributed by atoms with Crippen LogP contribution in [0.3, 0.4) is 0 Å². The van der Waals surface area contributed by atoms with Crippen LogP contribution in [0.2, 0.25) is 0 Å². The number of benzene rings is 1. The fourth-order valence-electron chi connectivity index (χ4n) is 4.98. The molecule has 0 bridgehead atoms. The number of carbonyl (C=O) groups is 2. The van der Waals surface area contributed by atoms with Gasteiger partial charge in [0.15, 0.2) is 0 Å². The van der Waals surface area contributed by atoms with Gasteiger partial charge in [-0.2, -0.15) is 5.10 Å². The molecule has 2 aromatic rings. The molecule has 2 heterocycles. The highest BCUT2D eigenvalue weighted by molar-refractivity contribution is 6.08. The molecule has 0 N–H and O–H groups in total. The minimum atomic E-state index is -0.572. The van der Waals surface area contributed by atoms with Crippen molar-refractivity contribution in [2.75, 3.05) is 6.54 Å². The lowest BCUT2D eigenvalue weighted by Crippen LogP contribution is -2.38. The number of aryl methyl sites for hydroxylation is 1. The van der Waals surface area contributed by atoms with Crippen LogP contribution in [0, 0.1) is 12.8 Å². The van der Waals surface area contributed by atoms with Gasteiger partial charge in [-0.25, -0.2) is 4.79 Å². The first-order valence-corrected chi connectivity index (χ1v) is 10.1. The van der Waals surface area contributed by atoms with Gasteiger partial charge in [-0.15, -0.1) is 0 Å². The molecule has 1 spiro atoms. The molecule has 6 heteroatoms. The van der Waals surface area contributed by atoms with E-state index in [2.05, 4.69) is 0 Å². The average Bonchev–Trinajstić information content (AvgIpc) is 3.10. The van der Waals surface area contributed by atoms with Crippen molar-refractivity contribution < 1.29 is 14.3 Å². The molecular formula is C23H25N3O3. The molecule has 1 amide bonds. The summed E-state index contributed by atoms with van der Waals surface area (Å²) < 4.78 is 7.42. The van der Waals surface area contributed by atoms with Crippen molar-refractivity contribution in [2.24, 2.45) is 5.92 Å². The van der Waals surface area contributed by atoms with Gasteiger partial charge in [0.25, 0.3) is 0 Å². The van der Waals surface area contributed by atoms with Gasteiger partial charge in [0.2, 0.25) is 5.78 Å². The number of hydrogen-bond donors (Lipinski definition) is 0. The summed E-state index contributed by atoms with van der Waals surface area (Å²) in [7, 11) is 0.